The Kier molecular flexibility index (Phi) is 2.85. The third kappa shape index (κ3) is 2.14. The third-order valence-electron chi connectivity index (χ3n) is 3.68. The molecule has 0 fully saturated rings. The molecular weight excluding hydrogens is 238 g/mol. The highest BCUT2D eigenvalue weighted by Gasteiger charge is 2.28. The van der Waals surface area contributed by atoms with E-state index >= 15 is 0 Å². The van der Waals surface area contributed by atoms with E-state index in [0.717, 1.165) is 28.9 Å². The molecule has 98 valence electrons. The number of carbonyl (C=O) groups excluding carboxylic acids is 1. The molecule has 3 heterocycles. The van der Waals surface area contributed by atoms with Gasteiger partial charge in [-0.3, -0.25) is 9.78 Å². The lowest BCUT2D eigenvalue weighted by Gasteiger charge is -2.26. The van der Waals surface area contributed by atoms with Gasteiger partial charge in [0.2, 0.25) is 0 Å². The summed E-state index contributed by atoms with van der Waals surface area (Å²) >= 11 is 0. The fourth-order valence-corrected chi connectivity index (χ4v) is 2.47. The number of H-pyrrole nitrogens is 1. The molecule has 19 heavy (non-hydrogen) atoms. The number of carbonyl (C=O) groups is 1. The Morgan fingerprint density at radius 3 is 2.74 bits per heavy atom. The van der Waals surface area contributed by atoms with Crippen molar-refractivity contribution in [3.8, 4) is 11.3 Å². The molecule has 0 bridgehead atoms. The predicted octanol–water partition coefficient (Wildman–Crippen LogP) is 2.39. The molecule has 1 aliphatic rings. The Balaban J connectivity index is 1.98. The minimum Gasteiger partial charge on any atom is -0.358 e. The summed E-state index contributed by atoms with van der Waals surface area (Å²) in [7, 11) is 0. The fraction of sp³-hybridized carbons (Fsp3) is 0.333. The average molecular weight is 255 g/mol. The van der Waals surface area contributed by atoms with Crippen molar-refractivity contribution in [1.29, 1.82) is 0 Å². The number of aromatic nitrogens is 2. The molecule has 2 aromatic heterocycles. The molecule has 0 aliphatic carbocycles. The van der Waals surface area contributed by atoms with Gasteiger partial charge >= 0.3 is 0 Å². The van der Waals surface area contributed by atoms with Gasteiger partial charge in [0, 0.05) is 41.8 Å². The second-order valence-corrected chi connectivity index (χ2v) is 5.34. The summed E-state index contributed by atoms with van der Waals surface area (Å²) in [6, 6.07) is 6.02. The van der Waals surface area contributed by atoms with Crippen LogP contribution in [0.4, 0.5) is 0 Å². The number of rotatable bonds is 2. The van der Waals surface area contributed by atoms with E-state index in [-0.39, 0.29) is 11.9 Å². The smallest absolute Gasteiger partial charge is 0.253 e. The van der Waals surface area contributed by atoms with Gasteiger partial charge in [-0.15, -0.1) is 0 Å². The van der Waals surface area contributed by atoms with Gasteiger partial charge in [0.15, 0.2) is 0 Å². The molecule has 0 radical (unpaired) electrons. The van der Waals surface area contributed by atoms with Crippen LogP contribution in [-0.2, 0) is 6.42 Å². The van der Waals surface area contributed by atoms with Gasteiger partial charge in [-0.2, -0.15) is 0 Å². The number of fused-ring (bicyclic) bond motifs is 1. The lowest BCUT2D eigenvalue weighted by atomic mass is 9.94. The first-order valence-corrected chi connectivity index (χ1v) is 6.58. The summed E-state index contributed by atoms with van der Waals surface area (Å²) in [5, 5.41) is 3.07. The molecule has 2 aromatic rings. The van der Waals surface area contributed by atoms with Crippen LogP contribution in [0.15, 0.2) is 30.6 Å². The maximum atomic E-state index is 12.1. The van der Waals surface area contributed by atoms with Crippen molar-refractivity contribution in [3.63, 3.8) is 0 Å². The first kappa shape index (κ1) is 12.0. The number of hydrogen-bond donors (Lipinski definition) is 2. The van der Waals surface area contributed by atoms with Gasteiger partial charge in [0.25, 0.3) is 5.91 Å². The third-order valence-corrected chi connectivity index (χ3v) is 3.68. The van der Waals surface area contributed by atoms with Crippen LogP contribution in [0.5, 0.6) is 0 Å². The summed E-state index contributed by atoms with van der Waals surface area (Å²) < 4.78 is 0. The Bertz CT molecular complexity index is 601. The number of pyridine rings is 1. The van der Waals surface area contributed by atoms with Crippen LogP contribution in [0.25, 0.3) is 11.3 Å². The van der Waals surface area contributed by atoms with Gasteiger partial charge in [-0.05, 0) is 24.1 Å². The molecular formula is C15H17N3O. The molecule has 4 nitrogen and oxygen atoms in total. The summed E-state index contributed by atoms with van der Waals surface area (Å²) in [6.45, 7) is 4.26. The minimum atomic E-state index is 0.0245. The van der Waals surface area contributed by atoms with Gasteiger partial charge < -0.3 is 10.3 Å². The highest BCUT2D eigenvalue weighted by molar-refractivity contribution is 5.98. The van der Waals surface area contributed by atoms with Crippen LogP contribution in [0.1, 0.15) is 29.9 Å². The van der Waals surface area contributed by atoms with E-state index in [4.69, 9.17) is 0 Å². The molecule has 0 unspecified atom stereocenters. The van der Waals surface area contributed by atoms with Crippen LogP contribution < -0.4 is 5.32 Å². The van der Waals surface area contributed by atoms with E-state index in [0.29, 0.717) is 5.92 Å². The number of nitrogens with one attached hydrogen (secondary N) is 2. The minimum absolute atomic E-state index is 0.0245. The van der Waals surface area contributed by atoms with Gasteiger partial charge in [-0.1, -0.05) is 13.8 Å². The number of aromatic amines is 1. The molecule has 0 saturated carbocycles. The number of amides is 1. The second-order valence-electron chi connectivity index (χ2n) is 5.34. The molecule has 0 aromatic carbocycles. The van der Waals surface area contributed by atoms with Crippen molar-refractivity contribution in [2.24, 2.45) is 5.92 Å². The Hall–Kier alpha value is -2.10. The van der Waals surface area contributed by atoms with Crippen molar-refractivity contribution in [2.45, 2.75) is 26.3 Å². The second kappa shape index (κ2) is 4.53. The molecule has 1 aliphatic heterocycles. The van der Waals surface area contributed by atoms with Crippen LogP contribution in [-0.4, -0.2) is 21.9 Å². The fourth-order valence-electron chi connectivity index (χ4n) is 2.47. The van der Waals surface area contributed by atoms with E-state index in [1.165, 1.54) is 0 Å². The Labute approximate surface area is 112 Å². The Morgan fingerprint density at radius 1 is 1.32 bits per heavy atom. The van der Waals surface area contributed by atoms with Crippen LogP contribution in [0.2, 0.25) is 0 Å². The maximum Gasteiger partial charge on any atom is 0.253 e. The first-order valence-electron chi connectivity index (χ1n) is 6.58. The van der Waals surface area contributed by atoms with Gasteiger partial charge in [-0.25, -0.2) is 0 Å². The summed E-state index contributed by atoms with van der Waals surface area (Å²) in [6.07, 6.45) is 4.38. The maximum absolute atomic E-state index is 12.1. The normalized spacial score (nSPS) is 18.3. The molecule has 0 spiro atoms. The predicted molar refractivity (Wildman–Crippen MR) is 73.8 cm³/mol. The van der Waals surface area contributed by atoms with E-state index in [1.54, 1.807) is 12.4 Å². The zero-order valence-electron chi connectivity index (χ0n) is 11.1. The van der Waals surface area contributed by atoms with E-state index < -0.39 is 0 Å². The monoisotopic (exact) mass is 255 g/mol. The van der Waals surface area contributed by atoms with Gasteiger partial charge in [0.1, 0.15) is 0 Å². The van der Waals surface area contributed by atoms with Crippen molar-refractivity contribution in [2.75, 3.05) is 0 Å². The van der Waals surface area contributed by atoms with Crippen LogP contribution in [0.3, 0.4) is 0 Å². The molecule has 1 atom stereocenters. The van der Waals surface area contributed by atoms with Crippen molar-refractivity contribution < 1.29 is 4.79 Å². The SMILES string of the molecule is CC(C)[C@H]1Cc2[nH]c(-c3ccncc3)cc2C(=O)N1. The molecule has 2 N–H and O–H groups in total. The van der Waals surface area contributed by atoms with E-state index in [1.807, 2.05) is 18.2 Å². The van der Waals surface area contributed by atoms with E-state index in [2.05, 4.69) is 29.1 Å². The average Bonchev–Trinajstić information content (AvgIpc) is 2.84. The van der Waals surface area contributed by atoms with Crippen molar-refractivity contribution >= 4 is 5.91 Å². The van der Waals surface area contributed by atoms with Crippen molar-refractivity contribution in [3.05, 3.63) is 41.9 Å². The highest BCUT2D eigenvalue weighted by atomic mass is 16.1. The van der Waals surface area contributed by atoms with Crippen LogP contribution >= 0.6 is 0 Å². The molecule has 3 rings (SSSR count). The largest absolute Gasteiger partial charge is 0.358 e. The summed E-state index contributed by atoms with van der Waals surface area (Å²) in [4.78, 5) is 19.5. The first-order chi connectivity index (χ1) is 9.15. The topological polar surface area (TPSA) is 57.8 Å². The number of hydrogen-bond acceptors (Lipinski definition) is 2. The van der Waals surface area contributed by atoms with Crippen LogP contribution in [0, 0.1) is 5.92 Å². The van der Waals surface area contributed by atoms with Gasteiger partial charge in [0.05, 0.1) is 5.56 Å². The number of nitrogens with zero attached hydrogens (tertiary/aromatic N) is 1. The van der Waals surface area contributed by atoms with E-state index in [9.17, 15) is 4.79 Å². The summed E-state index contributed by atoms with van der Waals surface area (Å²) in [5.41, 5.74) is 3.84. The standard InChI is InChI=1S/C15H17N3O/c1-9(2)12-8-14-11(15(19)18-12)7-13(17-14)10-3-5-16-6-4-10/h3-7,9,12,17H,8H2,1-2H3,(H,18,19)/t12-/m1/s1. The lowest BCUT2D eigenvalue weighted by molar-refractivity contribution is 0.0912. The zero-order chi connectivity index (χ0) is 13.4. The molecule has 0 saturated heterocycles. The lowest BCUT2D eigenvalue weighted by Crippen LogP contribution is -2.44. The molecule has 1 amide bonds. The summed E-state index contributed by atoms with van der Waals surface area (Å²) in [5.74, 6) is 0.460. The molecule has 4 heteroatoms. The zero-order valence-corrected chi connectivity index (χ0v) is 11.1. The Morgan fingerprint density at radius 2 is 2.05 bits per heavy atom. The highest BCUT2D eigenvalue weighted by Crippen LogP contribution is 2.26. The quantitative estimate of drug-likeness (QED) is 0.865. The van der Waals surface area contributed by atoms with Crippen molar-refractivity contribution in [1.82, 2.24) is 15.3 Å².